The summed E-state index contributed by atoms with van der Waals surface area (Å²) in [5, 5.41) is 16.4. The molecule has 4 aliphatic rings. The minimum absolute atomic E-state index is 0.112. The second-order valence-electron chi connectivity index (χ2n) is 7.58. The van der Waals surface area contributed by atoms with E-state index in [1.54, 1.807) is 0 Å². The fourth-order valence-corrected chi connectivity index (χ4v) is 5.60. The van der Waals surface area contributed by atoms with Crippen molar-refractivity contribution in [3.63, 3.8) is 0 Å². The molecule has 0 aromatic heterocycles. The molecule has 1 aromatic carbocycles. The number of hydrogen-bond acceptors (Lipinski definition) is 2. The zero-order valence-corrected chi connectivity index (χ0v) is 12.5. The lowest BCUT2D eigenvalue weighted by atomic mass is 10.0. The molecule has 4 heteroatoms. The predicted octanol–water partition coefficient (Wildman–Crippen LogP) is 1.99. The van der Waals surface area contributed by atoms with Crippen LogP contribution in [-0.4, -0.2) is 23.3 Å². The van der Waals surface area contributed by atoms with Gasteiger partial charge in [0.05, 0.1) is 12.1 Å². The Morgan fingerprint density at radius 3 is 2.59 bits per heavy atom. The highest BCUT2D eigenvalue weighted by molar-refractivity contribution is 5.76. The zero-order valence-electron chi connectivity index (χ0n) is 12.5. The Hall–Kier alpha value is -1.55. The molecule has 2 amide bonds. The Labute approximate surface area is 130 Å². The Morgan fingerprint density at radius 1 is 1.09 bits per heavy atom. The highest BCUT2D eigenvalue weighted by atomic mass is 16.3. The molecule has 0 aliphatic heterocycles. The highest BCUT2D eigenvalue weighted by Gasteiger charge is 2.65. The van der Waals surface area contributed by atoms with E-state index in [0.29, 0.717) is 12.5 Å². The molecule has 3 saturated carbocycles. The van der Waals surface area contributed by atoms with E-state index in [9.17, 15) is 9.90 Å². The van der Waals surface area contributed by atoms with E-state index < -0.39 is 6.10 Å². The fourth-order valence-electron chi connectivity index (χ4n) is 5.60. The number of carbonyl (C=O) groups excluding carboxylic acids is 1. The molecule has 5 rings (SSSR count). The van der Waals surface area contributed by atoms with Crippen molar-refractivity contribution < 1.29 is 9.90 Å². The smallest absolute Gasteiger partial charge is 0.315 e. The van der Waals surface area contributed by atoms with Gasteiger partial charge in [-0.25, -0.2) is 4.79 Å². The van der Waals surface area contributed by atoms with Crippen molar-refractivity contribution in [2.24, 2.45) is 23.7 Å². The number of urea groups is 1. The molecule has 116 valence electrons. The first-order valence-corrected chi connectivity index (χ1v) is 8.55. The van der Waals surface area contributed by atoms with E-state index in [2.05, 4.69) is 10.6 Å². The van der Waals surface area contributed by atoms with Crippen LogP contribution in [0.4, 0.5) is 4.79 Å². The number of benzene rings is 1. The summed E-state index contributed by atoms with van der Waals surface area (Å²) in [4.78, 5) is 12.3. The maximum absolute atomic E-state index is 12.3. The molecule has 0 saturated heterocycles. The van der Waals surface area contributed by atoms with Crippen molar-refractivity contribution in [3.8, 4) is 0 Å². The summed E-state index contributed by atoms with van der Waals surface area (Å²) < 4.78 is 0. The molecule has 0 radical (unpaired) electrons. The van der Waals surface area contributed by atoms with Crippen molar-refractivity contribution in [1.82, 2.24) is 10.6 Å². The van der Waals surface area contributed by atoms with E-state index in [4.69, 9.17) is 0 Å². The monoisotopic (exact) mass is 298 g/mol. The maximum atomic E-state index is 12.3. The van der Waals surface area contributed by atoms with E-state index >= 15 is 0 Å². The summed E-state index contributed by atoms with van der Waals surface area (Å²) in [6.45, 7) is 0. The first-order chi connectivity index (χ1) is 10.7. The van der Waals surface area contributed by atoms with E-state index in [-0.39, 0.29) is 12.1 Å². The van der Waals surface area contributed by atoms with Gasteiger partial charge in [0.15, 0.2) is 0 Å². The SMILES string of the molecule is O=C(NC1C2C3CCC(C3)C12)N[C@H]1c2ccccc2C[C@H]1O. The second-order valence-corrected chi connectivity index (χ2v) is 7.58. The van der Waals surface area contributed by atoms with Gasteiger partial charge in [0.1, 0.15) is 0 Å². The summed E-state index contributed by atoms with van der Waals surface area (Å²) in [6.07, 6.45) is 4.22. The minimum atomic E-state index is -0.516. The van der Waals surface area contributed by atoms with Gasteiger partial charge in [-0.1, -0.05) is 24.3 Å². The molecule has 2 bridgehead atoms. The van der Waals surface area contributed by atoms with Gasteiger partial charge in [-0.2, -0.15) is 0 Å². The fraction of sp³-hybridized carbons (Fsp3) is 0.611. The first-order valence-electron chi connectivity index (χ1n) is 8.55. The van der Waals surface area contributed by atoms with Crippen molar-refractivity contribution in [2.45, 2.75) is 43.9 Å². The quantitative estimate of drug-likeness (QED) is 0.782. The van der Waals surface area contributed by atoms with Crippen LogP contribution in [0.2, 0.25) is 0 Å². The Balaban J connectivity index is 1.25. The van der Waals surface area contributed by atoms with Crippen molar-refractivity contribution in [2.75, 3.05) is 0 Å². The van der Waals surface area contributed by atoms with Gasteiger partial charge in [-0.3, -0.25) is 0 Å². The van der Waals surface area contributed by atoms with Crippen LogP contribution >= 0.6 is 0 Å². The van der Waals surface area contributed by atoms with E-state index in [0.717, 1.165) is 34.8 Å². The number of fused-ring (bicyclic) bond motifs is 6. The lowest BCUT2D eigenvalue weighted by Crippen LogP contribution is -2.43. The van der Waals surface area contributed by atoms with Gasteiger partial charge in [0.25, 0.3) is 0 Å². The van der Waals surface area contributed by atoms with Crippen LogP contribution in [0.1, 0.15) is 36.4 Å². The number of carbonyl (C=O) groups is 1. The molecule has 6 atom stereocenters. The van der Waals surface area contributed by atoms with Crippen LogP contribution in [0.3, 0.4) is 0 Å². The molecule has 0 spiro atoms. The van der Waals surface area contributed by atoms with Gasteiger partial charge in [-0.05, 0) is 54.1 Å². The van der Waals surface area contributed by atoms with Crippen LogP contribution in [0, 0.1) is 23.7 Å². The largest absolute Gasteiger partial charge is 0.390 e. The molecular formula is C18H22N2O2. The number of nitrogens with one attached hydrogen (secondary N) is 2. The standard InChI is InChI=1S/C18H22N2O2/c21-13-8-9-3-1-2-4-12(9)16(13)19-18(22)20-17-14-10-5-6-11(7-10)15(14)17/h1-4,10-11,13-17,21H,5-8H2,(H2,19,20,22)/t10?,11?,13-,14?,15?,16+,17?/m1/s1. The minimum Gasteiger partial charge on any atom is -0.390 e. The third kappa shape index (κ3) is 1.76. The number of aliphatic hydroxyl groups is 1. The molecule has 4 unspecified atom stereocenters. The third-order valence-electron chi connectivity index (χ3n) is 6.52. The van der Waals surface area contributed by atoms with E-state index in [1.165, 1.54) is 19.3 Å². The van der Waals surface area contributed by atoms with Gasteiger partial charge < -0.3 is 15.7 Å². The molecular weight excluding hydrogens is 276 g/mol. The molecule has 3 fully saturated rings. The van der Waals surface area contributed by atoms with Crippen LogP contribution in [0.5, 0.6) is 0 Å². The molecule has 4 nitrogen and oxygen atoms in total. The molecule has 4 aliphatic carbocycles. The molecule has 22 heavy (non-hydrogen) atoms. The molecule has 3 N–H and O–H groups in total. The summed E-state index contributed by atoms with van der Waals surface area (Å²) in [6, 6.07) is 7.98. The lowest BCUT2D eigenvalue weighted by molar-refractivity contribution is 0.142. The Morgan fingerprint density at radius 2 is 1.82 bits per heavy atom. The number of hydrogen-bond donors (Lipinski definition) is 3. The summed E-state index contributed by atoms with van der Waals surface area (Å²) in [5.74, 6) is 3.20. The Bertz CT molecular complexity index is 615. The Kier molecular flexibility index (Phi) is 2.63. The van der Waals surface area contributed by atoms with Gasteiger partial charge in [0.2, 0.25) is 0 Å². The summed E-state index contributed by atoms with van der Waals surface area (Å²) >= 11 is 0. The van der Waals surface area contributed by atoms with Crippen LogP contribution in [0.25, 0.3) is 0 Å². The first kappa shape index (κ1) is 12.9. The third-order valence-corrected chi connectivity index (χ3v) is 6.52. The summed E-state index contributed by atoms with van der Waals surface area (Å²) in [7, 11) is 0. The zero-order chi connectivity index (χ0) is 14.8. The molecule has 0 heterocycles. The average molecular weight is 298 g/mol. The van der Waals surface area contributed by atoms with Gasteiger partial charge in [-0.15, -0.1) is 0 Å². The van der Waals surface area contributed by atoms with Crippen molar-refractivity contribution in [3.05, 3.63) is 35.4 Å². The number of amides is 2. The summed E-state index contributed by atoms with van der Waals surface area (Å²) in [5.41, 5.74) is 2.20. The lowest BCUT2D eigenvalue weighted by Gasteiger charge is -2.19. The van der Waals surface area contributed by atoms with Crippen LogP contribution < -0.4 is 10.6 Å². The topological polar surface area (TPSA) is 61.4 Å². The van der Waals surface area contributed by atoms with Crippen molar-refractivity contribution in [1.29, 1.82) is 0 Å². The average Bonchev–Trinajstić information content (AvgIpc) is 2.86. The van der Waals surface area contributed by atoms with Gasteiger partial charge >= 0.3 is 6.03 Å². The maximum Gasteiger partial charge on any atom is 0.315 e. The normalized spacial score (nSPS) is 43.6. The van der Waals surface area contributed by atoms with E-state index in [1.807, 2.05) is 24.3 Å². The van der Waals surface area contributed by atoms with Crippen LogP contribution in [-0.2, 0) is 6.42 Å². The van der Waals surface area contributed by atoms with Gasteiger partial charge in [0, 0.05) is 12.5 Å². The second kappa shape index (κ2) is 4.48. The number of rotatable bonds is 2. The van der Waals surface area contributed by atoms with Crippen LogP contribution in [0.15, 0.2) is 24.3 Å². The highest BCUT2D eigenvalue weighted by Crippen LogP contribution is 2.65. The molecule has 1 aromatic rings. The van der Waals surface area contributed by atoms with Crippen molar-refractivity contribution >= 4 is 6.03 Å². The predicted molar refractivity (Wildman–Crippen MR) is 82.2 cm³/mol. The number of aliphatic hydroxyl groups excluding tert-OH is 1.